The van der Waals surface area contributed by atoms with Crippen LogP contribution in [-0.2, 0) is 11.3 Å². The van der Waals surface area contributed by atoms with E-state index in [1.807, 2.05) is 53.4 Å². The highest BCUT2D eigenvalue weighted by Crippen LogP contribution is 2.27. The van der Waals surface area contributed by atoms with Crippen LogP contribution in [-0.4, -0.2) is 31.7 Å². The molecule has 0 unspecified atom stereocenters. The van der Waals surface area contributed by atoms with Gasteiger partial charge in [0, 0.05) is 17.8 Å². The number of rotatable bonds is 5. The number of carbonyl (C=O) groups is 1. The molecule has 3 aromatic rings. The van der Waals surface area contributed by atoms with E-state index in [4.69, 9.17) is 0 Å². The summed E-state index contributed by atoms with van der Waals surface area (Å²) in [6.07, 6.45) is 7.70. The summed E-state index contributed by atoms with van der Waals surface area (Å²) in [5, 5.41) is 4.46. The van der Waals surface area contributed by atoms with Crippen LogP contribution in [0.4, 0.5) is 5.82 Å². The minimum absolute atomic E-state index is 0.000103. The second-order valence-corrected chi connectivity index (χ2v) is 6.52. The highest BCUT2D eigenvalue weighted by Gasteiger charge is 2.29. The van der Waals surface area contributed by atoms with Crippen molar-refractivity contribution in [2.24, 2.45) is 0 Å². The lowest BCUT2D eigenvalue weighted by Gasteiger charge is -2.28. The number of carbonyl (C=O) groups excluding carboxylic acids is 1. The molecule has 0 spiro atoms. The third-order valence-corrected chi connectivity index (χ3v) is 4.72. The van der Waals surface area contributed by atoms with E-state index >= 15 is 0 Å². The second kappa shape index (κ2) is 7.47. The van der Waals surface area contributed by atoms with Gasteiger partial charge in [0.25, 0.3) is 0 Å². The van der Waals surface area contributed by atoms with Gasteiger partial charge in [0.1, 0.15) is 18.7 Å². The summed E-state index contributed by atoms with van der Waals surface area (Å²) < 4.78 is 1.61. The van der Waals surface area contributed by atoms with Crippen molar-refractivity contribution in [2.75, 3.05) is 4.90 Å². The van der Waals surface area contributed by atoms with Gasteiger partial charge in [-0.1, -0.05) is 49.2 Å². The van der Waals surface area contributed by atoms with E-state index < -0.39 is 0 Å². The molecule has 1 saturated carbocycles. The van der Waals surface area contributed by atoms with E-state index in [-0.39, 0.29) is 18.5 Å². The molecular formula is C20H21N5O. The maximum atomic E-state index is 13.0. The fraction of sp³-hybridized carbons (Fsp3) is 0.300. The molecule has 2 heterocycles. The lowest BCUT2D eigenvalue weighted by molar-refractivity contribution is -0.119. The molecule has 0 radical (unpaired) electrons. The standard InChI is InChI=1S/C20H21N5O/c26-19(14-24-15-22-20(23-24)16-8-2-1-3-9-16)25(17-10-4-5-11-17)18-12-6-7-13-21-18/h1-3,6-9,12-13,15,17H,4-5,10-11,14H2. The maximum Gasteiger partial charge on any atom is 0.250 e. The Labute approximate surface area is 152 Å². The van der Waals surface area contributed by atoms with Crippen LogP contribution in [0.2, 0.25) is 0 Å². The SMILES string of the molecule is O=C(Cn1cnc(-c2ccccc2)n1)N(c1ccccn1)C1CCCC1. The second-order valence-electron chi connectivity index (χ2n) is 6.52. The zero-order valence-electron chi connectivity index (χ0n) is 14.5. The van der Waals surface area contributed by atoms with Gasteiger partial charge >= 0.3 is 0 Å². The van der Waals surface area contributed by atoms with E-state index in [2.05, 4.69) is 15.1 Å². The number of benzene rings is 1. The van der Waals surface area contributed by atoms with Crippen LogP contribution < -0.4 is 4.90 Å². The van der Waals surface area contributed by atoms with Crippen molar-refractivity contribution in [3.05, 3.63) is 61.1 Å². The number of pyridine rings is 1. The highest BCUT2D eigenvalue weighted by atomic mass is 16.2. The minimum atomic E-state index is 0.000103. The van der Waals surface area contributed by atoms with E-state index in [1.165, 1.54) is 0 Å². The largest absolute Gasteiger partial charge is 0.292 e. The van der Waals surface area contributed by atoms with Crippen molar-refractivity contribution >= 4 is 11.7 Å². The average Bonchev–Trinajstić information content (AvgIpc) is 3.36. The highest BCUT2D eigenvalue weighted by molar-refractivity contribution is 5.92. The molecule has 6 nitrogen and oxygen atoms in total. The van der Waals surface area contributed by atoms with Crippen molar-refractivity contribution in [2.45, 2.75) is 38.3 Å². The van der Waals surface area contributed by atoms with Crippen LogP contribution in [0.15, 0.2) is 61.1 Å². The molecule has 0 saturated heterocycles. The fourth-order valence-electron chi connectivity index (χ4n) is 3.48. The molecule has 6 heteroatoms. The zero-order chi connectivity index (χ0) is 17.8. The van der Waals surface area contributed by atoms with Crippen LogP contribution in [0.5, 0.6) is 0 Å². The van der Waals surface area contributed by atoms with Gasteiger partial charge < -0.3 is 0 Å². The molecule has 0 bridgehead atoms. The Kier molecular flexibility index (Phi) is 4.73. The van der Waals surface area contributed by atoms with Gasteiger partial charge in [-0.25, -0.2) is 14.6 Å². The summed E-state index contributed by atoms with van der Waals surface area (Å²) in [7, 11) is 0. The summed E-state index contributed by atoms with van der Waals surface area (Å²) in [6.45, 7) is 0.160. The Morgan fingerprint density at radius 2 is 1.81 bits per heavy atom. The lowest BCUT2D eigenvalue weighted by atomic mass is 10.2. The molecule has 0 aliphatic heterocycles. The fourth-order valence-corrected chi connectivity index (χ4v) is 3.48. The Balaban J connectivity index is 1.54. The van der Waals surface area contributed by atoms with Crippen LogP contribution in [0.1, 0.15) is 25.7 Å². The van der Waals surface area contributed by atoms with E-state index in [0.717, 1.165) is 31.2 Å². The minimum Gasteiger partial charge on any atom is -0.292 e. The van der Waals surface area contributed by atoms with Gasteiger partial charge in [-0.2, -0.15) is 5.10 Å². The number of anilines is 1. The third-order valence-electron chi connectivity index (χ3n) is 4.72. The summed E-state index contributed by atoms with van der Waals surface area (Å²) in [5.74, 6) is 1.34. The number of hydrogen-bond donors (Lipinski definition) is 0. The summed E-state index contributed by atoms with van der Waals surface area (Å²) in [4.78, 5) is 23.6. The molecule has 1 aliphatic carbocycles. The molecule has 1 aliphatic rings. The predicted molar refractivity (Wildman–Crippen MR) is 99.4 cm³/mol. The Hall–Kier alpha value is -3.02. The first kappa shape index (κ1) is 16.4. The first-order valence-corrected chi connectivity index (χ1v) is 8.99. The zero-order valence-corrected chi connectivity index (χ0v) is 14.5. The smallest absolute Gasteiger partial charge is 0.250 e. The quantitative estimate of drug-likeness (QED) is 0.710. The topological polar surface area (TPSA) is 63.9 Å². The first-order chi connectivity index (χ1) is 12.8. The number of nitrogens with zero attached hydrogens (tertiary/aromatic N) is 5. The Bertz CT molecular complexity index is 856. The summed E-state index contributed by atoms with van der Waals surface area (Å²) >= 11 is 0. The molecule has 1 amide bonds. The van der Waals surface area contributed by atoms with Crippen molar-refractivity contribution < 1.29 is 4.79 Å². The lowest BCUT2D eigenvalue weighted by Crippen LogP contribution is -2.41. The Morgan fingerprint density at radius 3 is 2.54 bits per heavy atom. The first-order valence-electron chi connectivity index (χ1n) is 8.99. The van der Waals surface area contributed by atoms with Crippen LogP contribution in [0.3, 0.4) is 0 Å². The molecular weight excluding hydrogens is 326 g/mol. The molecule has 132 valence electrons. The van der Waals surface area contributed by atoms with E-state index in [0.29, 0.717) is 11.6 Å². The van der Waals surface area contributed by atoms with Crippen LogP contribution in [0, 0.1) is 0 Å². The summed E-state index contributed by atoms with van der Waals surface area (Å²) in [5.41, 5.74) is 0.941. The monoisotopic (exact) mass is 347 g/mol. The normalized spacial score (nSPS) is 14.5. The Morgan fingerprint density at radius 1 is 1.04 bits per heavy atom. The summed E-state index contributed by atoms with van der Waals surface area (Å²) in [6, 6.07) is 15.7. The van der Waals surface area contributed by atoms with Gasteiger partial charge in [-0.05, 0) is 25.0 Å². The van der Waals surface area contributed by atoms with Gasteiger partial charge in [0.05, 0.1) is 0 Å². The average molecular weight is 347 g/mol. The number of amides is 1. The van der Waals surface area contributed by atoms with E-state index in [1.54, 1.807) is 17.2 Å². The maximum absolute atomic E-state index is 13.0. The molecule has 4 rings (SSSR count). The molecule has 0 N–H and O–H groups in total. The van der Waals surface area contributed by atoms with Gasteiger partial charge in [-0.15, -0.1) is 0 Å². The molecule has 26 heavy (non-hydrogen) atoms. The molecule has 1 aromatic carbocycles. The van der Waals surface area contributed by atoms with Crippen molar-refractivity contribution in [3.8, 4) is 11.4 Å². The third kappa shape index (κ3) is 3.49. The molecule has 1 fully saturated rings. The predicted octanol–water partition coefficient (Wildman–Crippen LogP) is 3.32. The van der Waals surface area contributed by atoms with Crippen LogP contribution in [0.25, 0.3) is 11.4 Å². The van der Waals surface area contributed by atoms with Crippen molar-refractivity contribution in [3.63, 3.8) is 0 Å². The van der Waals surface area contributed by atoms with E-state index in [9.17, 15) is 4.79 Å². The molecule has 2 aromatic heterocycles. The number of aromatic nitrogens is 4. The van der Waals surface area contributed by atoms with Crippen molar-refractivity contribution in [1.82, 2.24) is 19.7 Å². The van der Waals surface area contributed by atoms with Gasteiger partial charge in [-0.3, -0.25) is 9.69 Å². The van der Waals surface area contributed by atoms with Crippen molar-refractivity contribution in [1.29, 1.82) is 0 Å². The van der Waals surface area contributed by atoms with Gasteiger partial charge in [0.2, 0.25) is 5.91 Å². The number of hydrogen-bond acceptors (Lipinski definition) is 4. The molecule has 0 atom stereocenters. The van der Waals surface area contributed by atoms with Gasteiger partial charge in [0.15, 0.2) is 5.82 Å². The van der Waals surface area contributed by atoms with Crippen LogP contribution >= 0.6 is 0 Å².